The van der Waals surface area contributed by atoms with Crippen molar-refractivity contribution in [2.75, 3.05) is 14.2 Å². The van der Waals surface area contributed by atoms with Gasteiger partial charge in [-0.15, -0.1) is 0 Å². The van der Waals surface area contributed by atoms with Gasteiger partial charge in [-0.2, -0.15) is 5.10 Å². The molecule has 1 aliphatic rings. The van der Waals surface area contributed by atoms with Crippen LogP contribution in [-0.2, 0) is 6.54 Å². The topological polar surface area (TPSA) is 51.1 Å². The van der Waals surface area contributed by atoms with E-state index in [9.17, 15) is 9.18 Å². The highest BCUT2D eigenvalue weighted by Gasteiger charge is 2.32. The third-order valence-corrected chi connectivity index (χ3v) is 3.62. The Morgan fingerprint density at radius 2 is 1.87 bits per heavy atom. The molecule has 0 bridgehead atoms. The number of rotatable bonds is 4. The van der Waals surface area contributed by atoms with E-state index in [-0.39, 0.29) is 11.7 Å². The number of halogens is 1. The SMILES string of the molecule is COc1ccc2c(c1OC)C(=O)N(N=Cc1ccc(F)cc1)C2. The molecule has 0 radical (unpaired) electrons. The number of hydrogen-bond acceptors (Lipinski definition) is 4. The normalized spacial score (nSPS) is 13.5. The number of methoxy groups -OCH3 is 2. The van der Waals surface area contributed by atoms with E-state index in [1.54, 1.807) is 18.2 Å². The summed E-state index contributed by atoms with van der Waals surface area (Å²) in [5.41, 5.74) is 1.99. The van der Waals surface area contributed by atoms with Crippen molar-refractivity contribution in [2.45, 2.75) is 6.54 Å². The Hall–Kier alpha value is -2.89. The molecule has 0 atom stereocenters. The van der Waals surface area contributed by atoms with Crippen LogP contribution in [0, 0.1) is 5.82 Å². The van der Waals surface area contributed by atoms with E-state index in [0.717, 1.165) is 5.56 Å². The van der Waals surface area contributed by atoms with Gasteiger partial charge in [-0.05, 0) is 29.3 Å². The predicted molar refractivity (Wildman–Crippen MR) is 83.4 cm³/mol. The Morgan fingerprint density at radius 1 is 1.13 bits per heavy atom. The lowest BCUT2D eigenvalue weighted by atomic mass is 10.1. The molecule has 5 nitrogen and oxygen atoms in total. The van der Waals surface area contributed by atoms with Crippen molar-refractivity contribution in [3.63, 3.8) is 0 Å². The molecular formula is C17H15FN2O3. The average Bonchev–Trinajstić information content (AvgIpc) is 2.90. The molecule has 1 aliphatic heterocycles. The van der Waals surface area contributed by atoms with Gasteiger partial charge >= 0.3 is 0 Å². The number of hydrazone groups is 1. The minimum absolute atomic E-state index is 0.255. The smallest absolute Gasteiger partial charge is 0.278 e. The first-order valence-corrected chi connectivity index (χ1v) is 6.99. The summed E-state index contributed by atoms with van der Waals surface area (Å²) in [6.07, 6.45) is 1.52. The Labute approximate surface area is 132 Å². The van der Waals surface area contributed by atoms with Gasteiger partial charge in [-0.25, -0.2) is 9.40 Å². The summed E-state index contributed by atoms with van der Waals surface area (Å²) >= 11 is 0. The van der Waals surface area contributed by atoms with E-state index in [1.807, 2.05) is 6.07 Å². The zero-order chi connectivity index (χ0) is 16.4. The summed E-state index contributed by atoms with van der Waals surface area (Å²) in [5.74, 6) is 0.344. The lowest BCUT2D eigenvalue weighted by molar-refractivity contribution is 0.0781. The summed E-state index contributed by atoms with van der Waals surface area (Å²) in [6.45, 7) is 0.353. The van der Waals surface area contributed by atoms with Crippen LogP contribution in [0.5, 0.6) is 11.5 Å². The second-order valence-corrected chi connectivity index (χ2v) is 4.99. The number of carbonyl (C=O) groups is 1. The molecule has 0 N–H and O–H groups in total. The molecule has 3 rings (SSSR count). The quantitative estimate of drug-likeness (QED) is 0.815. The number of hydrogen-bond donors (Lipinski definition) is 0. The maximum Gasteiger partial charge on any atom is 0.278 e. The maximum atomic E-state index is 12.9. The van der Waals surface area contributed by atoms with Crippen LogP contribution in [0.3, 0.4) is 0 Å². The van der Waals surface area contributed by atoms with Gasteiger partial charge < -0.3 is 9.47 Å². The molecule has 0 saturated heterocycles. The van der Waals surface area contributed by atoms with E-state index >= 15 is 0 Å². The minimum Gasteiger partial charge on any atom is -0.493 e. The van der Waals surface area contributed by atoms with Gasteiger partial charge in [0.15, 0.2) is 11.5 Å². The molecular weight excluding hydrogens is 299 g/mol. The molecule has 2 aromatic carbocycles. The minimum atomic E-state index is -0.316. The monoisotopic (exact) mass is 314 g/mol. The second kappa shape index (κ2) is 6.08. The van der Waals surface area contributed by atoms with Crippen molar-refractivity contribution in [1.29, 1.82) is 0 Å². The largest absolute Gasteiger partial charge is 0.493 e. The van der Waals surface area contributed by atoms with Crippen molar-refractivity contribution in [1.82, 2.24) is 5.01 Å². The number of nitrogens with zero attached hydrogens (tertiary/aromatic N) is 2. The van der Waals surface area contributed by atoms with Crippen molar-refractivity contribution in [2.24, 2.45) is 5.10 Å². The van der Waals surface area contributed by atoms with E-state index < -0.39 is 0 Å². The molecule has 1 heterocycles. The first-order valence-electron chi connectivity index (χ1n) is 6.99. The van der Waals surface area contributed by atoms with Crippen molar-refractivity contribution < 1.29 is 18.7 Å². The molecule has 0 unspecified atom stereocenters. The van der Waals surface area contributed by atoms with E-state index in [2.05, 4.69) is 5.10 Å². The van der Waals surface area contributed by atoms with Crippen LogP contribution in [-0.4, -0.2) is 31.4 Å². The van der Waals surface area contributed by atoms with Gasteiger partial charge in [0.2, 0.25) is 0 Å². The molecule has 23 heavy (non-hydrogen) atoms. The Bertz CT molecular complexity index is 772. The molecule has 2 aromatic rings. The van der Waals surface area contributed by atoms with E-state index in [4.69, 9.17) is 9.47 Å². The van der Waals surface area contributed by atoms with Crippen LogP contribution in [0.15, 0.2) is 41.5 Å². The summed E-state index contributed by atoms with van der Waals surface area (Å²) in [5, 5.41) is 5.53. The van der Waals surface area contributed by atoms with E-state index in [0.29, 0.717) is 29.2 Å². The van der Waals surface area contributed by atoms with Gasteiger partial charge in [0, 0.05) is 0 Å². The van der Waals surface area contributed by atoms with Crippen LogP contribution >= 0.6 is 0 Å². The van der Waals surface area contributed by atoms with Crippen LogP contribution in [0.1, 0.15) is 21.5 Å². The van der Waals surface area contributed by atoms with Gasteiger partial charge in [0.05, 0.1) is 32.5 Å². The summed E-state index contributed by atoms with van der Waals surface area (Å²) in [4.78, 5) is 12.5. The highest BCUT2D eigenvalue weighted by Crippen LogP contribution is 2.38. The lowest BCUT2D eigenvalue weighted by Crippen LogP contribution is -2.18. The van der Waals surface area contributed by atoms with Gasteiger partial charge in [0.25, 0.3) is 5.91 Å². The molecule has 0 saturated carbocycles. The Kier molecular flexibility index (Phi) is 3.97. The van der Waals surface area contributed by atoms with Gasteiger partial charge in [-0.1, -0.05) is 18.2 Å². The van der Waals surface area contributed by atoms with Crippen molar-refractivity contribution in [3.05, 3.63) is 58.9 Å². The molecule has 0 aliphatic carbocycles. The number of benzene rings is 2. The maximum absolute atomic E-state index is 12.9. The molecule has 0 spiro atoms. The van der Waals surface area contributed by atoms with Crippen molar-refractivity contribution >= 4 is 12.1 Å². The fourth-order valence-electron chi connectivity index (χ4n) is 2.47. The van der Waals surface area contributed by atoms with Gasteiger partial charge in [-0.3, -0.25) is 4.79 Å². The number of fused-ring (bicyclic) bond motifs is 1. The predicted octanol–water partition coefficient (Wildman–Crippen LogP) is 2.83. The number of amides is 1. The molecule has 6 heteroatoms. The standard InChI is InChI=1S/C17H15FN2O3/c1-22-14-8-5-12-10-20(17(21)15(12)16(14)23-2)19-9-11-3-6-13(18)7-4-11/h3-9H,10H2,1-2H3. The molecule has 118 valence electrons. The molecule has 0 fully saturated rings. The number of ether oxygens (including phenoxy) is 2. The van der Waals surface area contributed by atoms with E-state index in [1.165, 1.54) is 37.6 Å². The third kappa shape index (κ3) is 2.75. The Morgan fingerprint density at radius 3 is 2.52 bits per heavy atom. The average molecular weight is 314 g/mol. The number of carbonyl (C=O) groups excluding carboxylic acids is 1. The summed E-state index contributed by atoms with van der Waals surface area (Å²) in [7, 11) is 3.02. The molecule has 1 amide bonds. The van der Waals surface area contributed by atoms with Gasteiger partial charge in [0.1, 0.15) is 5.82 Å². The van der Waals surface area contributed by atoms with Crippen molar-refractivity contribution in [3.8, 4) is 11.5 Å². The van der Waals surface area contributed by atoms with Crippen LogP contribution in [0.4, 0.5) is 4.39 Å². The van der Waals surface area contributed by atoms with Crippen LogP contribution in [0.2, 0.25) is 0 Å². The Balaban J connectivity index is 1.87. The van der Waals surface area contributed by atoms with Crippen LogP contribution in [0.25, 0.3) is 0 Å². The third-order valence-electron chi connectivity index (χ3n) is 3.62. The summed E-state index contributed by atoms with van der Waals surface area (Å²) in [6, 6.07) is 9.46. The second-order valence-electron chi connectivity index (χ2n) is 4.99. The van der Waals surface area contributed by atoms with Crippen LogP contribution < -0.4 is 9.47 Å². The molecule has 0 aromatic heterocycles. The highest BCUT2D eigenvalue weighted by molar-refractivity contribution is 6.02. The first-order chi connectivity index (χ1) is 11.1. The highest BCUT2D eigenvalue weighted by atomic mass is 19.1. The fraction of sp³-hybridized carbons (Fsp3) is 0.176. The zero-order valence-electron chi connectivity index (χ0n) is 12.7. The lowest BCUT2D eigenvalue weighted by Gasteiger charge is -2.10. The fourth-order valence-corrected chi connectivity index (χ4v) is 2.47. The first kappa shape index (κ1) is 15.0. The zero-order valence-corrected chi connectivity index (χ0v) is 12.7. The summed E-state index contributed by atoms with van der Waals surface area (Å²) < 4.78 is 23.4.